The van der Waals surface area contributed by atoms with Gasteiger partial charge in [0.25, 0.3) is 5.91 Å². The molecular formula is C12H15ClN2O4S2. The Hall–Kier alpha value is -1.25. The maximum Gasteiger partial charge on any atom is 0.316 e. The lowest BCUT2D eigenvalue weighted by Crippen LogP contribution is -2.37. The zero-order valence-electron chi connectivity index (χ0n) is 11.3. The van der Waals surface area contributed by atoms with Crippen LogP contribution in [0.5, 0.6) is 0 Å². The highest BCUT2D eigenvalue weighted by Crippen LogP contribution is 2.25. The van der Waals surface area contributed by atoms with Crippen molar-refractivity contribution >= 4 is 52.5 Å². The van der Waals surface area contributed by atoms with Gasteiger partial charge in [0.15, 0.2) is 6.61 Å². The Bertz CT molecular complexity index is 507. The highest BCUT2D eigenvalue weighted by Gasteiger charge is 2.09. The minimum Gasteiger partial charge on any atom is -0.455 e. The average Bonchev–Trinajstić information content (AvgIpc) is 2.88. The van der Waals surface area contributed by atoms with Gasteiger partial charge in [-0.1, -0.05) is 11.6 Å². The van der Waals surface area contributed by atoms with Gasteiger partial charge < -0.3 is 15.4 Å². The van der Waals surface area contributed by atoms with E-state index in [4.69, 9.17) is 16.3 Å². The van der Waals surface area contributed by atoms with Gasteiger partial charge in [-0.05, 0) is 12.1 Å². The van der Waals surface area contributed by atoms with Crippen LogP contribution >= 0.6 is 34.7 Å². The molecule has 0 atom stereocenters. The maximum atomic E-state index is 11.4. The molecule has 0 aliphatic heterocycles. The summed E-state index contributed by atoms with van der Waals surface area (Å²) in [6.07, 6.45) is 0. The molecule has 1 aromatic rings. The minimum atomic E-state index is -0.512. The zero-order chi connectivity index (χ0) is 15.7. The van der Waals surface area contributed by atoms with E-state index in [-0.39, 0.29) is 24.8 Å². The van der Waals surface area contributed by atoms with Crippen LogP contribution in [0.1, 0.15) is 4.88 Å². The summed E-state index contributed by atoms with van der Waals surface area (Å²) < 4.78 is 5.50. The number of hydrogen-bond acceptors (Lipinski definition) is 6. The van der Waals surface area contributed by atoms with Crippen LogP contribution in [0.4, 0.5) is 0 Å². The fourth-order valence-corrected chi connectivity index (χ4v) is 3.19. The van der Waals surface area contributed by atoms with E-state index in [1.54, 1.807) is 6.07 Å². The van der Waals surface area contributed by atoms with Gasteiger partial charge in [-0.3, -0.25) is 14.4 Å². The molecule has 0 aliphatic rings. The molecule has 0 aromatic carbocycles. The Balaban J connectivity index is 2.10. The van der Waals surface area contributed by atoms with E-state index in [0.29, 0.717) is 10.1 Å². The van der Waals surface area contributed by atoms with Crippen LogP contribution in [0.15, 0.2) is 12.1 Å². The Morgan fingerprint density at radius 3 is 2.71 bits per heavy atom. The molecule has 2 amide bonds. The lowest BCUT2D eigenvalue weighted by Gasteiger charge is -2.05. The molecule has 1 heterocycles. The molecule has 1 rings (SSSR count). The number of carbonyl (C=O) groups is 3. The Morgan fingerprint density at radius 1 is 1.33 bits per heavy atom. The number of likely N-dealkylation sites (N-methyl/N-ethyl adjacent to an activating group) is 1. The Kier molecular flexibility index (Phi) is 8.17. The maximum absolute atomic E-state index is 11.4. The zero-order valence-corrected chi connectivity index (χ0v) is 13.7. The number of thioether (sulfide) groups is 1. The number of amides is 2. The third-order valence-electron chi connectivity index (χ3n) is 2.18. The normalized spacial score (nSPS) is 10.0. The van der Waals surface area contributed by atoms with Crippen molar-refractivity contribution in [1.29, 1.82) is 0 Å². The average molecular weight is 351 g/mol. The molecule has 0 spiro atoms. The van der Waals surface area contributed by atoms with E-state index in [9.17, 15) is 14.4 Å². The molecule has 0 saturated heterocycles. The summed E-state index contributed by atoms with van der Waals surface area (Å²) in [5, 5.41) is 4.68. The van der Waals surface area contributed by atoms with Gasteiger partial charge in [-0.25, -0.2) is 0 Å². The number of ether oxygens (including phenoxy) is 1. The smallest absolute Gasteiger partial charge is 0.316 e. The summed E-state index contributed by atoms with van der Waals surface area (Å²) >= 11 is 8.64. The number of hydrogen-bond donors (Lipinski definition) is 2. The van der Waals surface area contributed by atoms with Crippen LogP contribution in [-0.2, 0) is 24.9 Å². The first-order chi connectivity index (χ1) is 10.0. The summed E-state index contributed by atoms with van der Waals surface area (Å²) in [6.45, 7) is -0.526. The SMILES string of the molecule is CNC(=O)CNC(=O)COC(=O)CSCc1ccc(Cl)s1. The standard InChI is InChI=1S/C12H15ClN2O4S2/c1-14-10(16)4-15-11(17)5-19-12(18)7-20-6-8-2-3-9(13)21-8/h2-3H,4-7H2,1H3,(H,14,16)(H,15,17). The molecule has 0 unspecified atom stereocenters. The van der Waals surface area contributed by atoms with Gasteiger partial charge >= 0.3 is 5.97 Å². The number of rotatable bonds is 8. The van der Waals surface area contributed by atoms with Gasteiger partial charge in [0.1, 0.15) is 0 Å². The van der Waals surface area contributed by atoms with E-state index in [0.717, 1.165) is 4.88 Å². The lowest BCUT2D eigenvalue weighted by molar-refractivity contribution is -0.146. The molecule has 0 saturated carbocycles. The molecule has 0 bridgehead atoms. The van der Waals surface area contributed by atoms with Crippen LogP contribution in [-0.4, -0.2) is 43.7 Å². The van der Waals surface area contributed by atoms with E-state index in [1.165, 1.54) is 30.1 Å². The van der Waals surface area contributed by atoms with Crippen molar-refractivity contribution < 1.29 is 19.1 Å². The minimum absolute atomic E-state index is 0.138. The second-order valence-corrected chi connectivity index (χ2v) is 6.59. The number of nitrogens with one attached hydrogen (secondary N) is 2. The van der Waals surface area contributed by atoms with Crippen molar-refractivity contribution in [3.05, 3.63) is 21.3 Å². The molecule has 21 heavy (non-hydrogen) atoms. The number of esters is 1. The molecule has 2 N–H and O–H groups in total. The van der Waals surface area contributed by atoms with Crippen molar-refractivity contribution in [3.63, 3.8) is 0 Å². The fraction of sp³-hybridized carbons (Fsp3) is 0.417. The summed E-state index contributed by atoms with van der Waals surface area (Å²) in [6, 6.07) is 3.70. The van der Waals surface area contributed by atoms with E-state index in [1.807, 2.05) is 6.07 Å². The third-order valence-corrected chi connectivity index (χ3v) is 4.55. The quantitative estimate of drug-likeness (QED) is 0.684. The highest BCUT2D eigenvalue weighted by molar-refractivity contribution is 7.99. The van der Waals surface area contributed by atoms with E-state index in [2.05, 4.69) is 10.6 Å². The van der Waals surface area contributed by atoms with Gasteiger partial charge in [0.2, 0.25) is 5.91 Å². The topological polar surface area (TPSA) is 84.5 Å². The van der Waals surface area contributed by atoms with Crippen LogP contribution < -0.4 is 10.6 Å². The third kappa shape index (κ3) is 7.93. The van der Waals surface area contributed by atoms with E-state index < -0.39 is 11.9 Å². The van der Waals surface area contributed by atoms with Crippen molar-refractivity contribution in [2.75, 3.05) is 26.0 Å². The first-order valence-corrected chi connectivity index (χ1v) is 8.31. The van der Waals surface area contributed by atoms with Crippen molar-refractivity contribution in [3.8, 4) is 0 Å². The second-order valence-electron chi connectivity index (χ2n) is 3.81. The molecule has 9 heteroatoms. The monoisotopic (exact) mass is 350 g/mol. The van der Waals surface area contributed by atoms with Gasteiger partial charge in [-0.2, -0.15) is 0 Å². The van der Waals surface area contributed by atoms with Crippen LogP contribution in [0.25, 0.3) is 0 Å². The molecule has 0 fully saturated rings. The first kappa shape index (κ1) is 17.8. The number of thiophene rings is 1. The number of carbonyl (C=O) groups excluding carboxylic acids is 3. The number of halogens is 1. The fourth-order valence-electron chi connectivity index (χ4n) is 1.17. The highest BCUT2D eigenvalue weighted by atomic mass is 35.5. The predicted molar refractivity (Wildman–Crippen MR) is 83.5 cm³/mol. The predicted octanol–water partition coefficient (Wildman–Crippen LogP) is 1.04. The van der Waals surface area contributed by atoms with Crippen molar-refractivity contribution in [1.82, 2.24) is 10.6 Å². The molecule has 6 nitrogen and oxygen atoms in total. The summed E-state index contributed by atoms with van der Waals surface area (Å²) in [4.78, 5) is 34.6. The second kappa shape index (κ2) is 9.64. The van der Waals surface area contributed by atoms with Gasteiger partial charge in [0.05, 0.1) is 16.6 Å². The van der Waals surface area contributed by atoms with E-state index >= 15 is 0 Å². The molecular weight excluding hydrogens is 336 g/mol. The van der Waals surface area contributed by atoms with Gasteiger partial charge in [-0.15, -0.1) is 23.1 Å². The molecule has 0 aliphatic carbocycles. The summed E-state index contributed by atoms with van der Waals surface area (Å²) in [7, 11) is 1.46. The van der Waals surface area contributed by atoms with Crippen LogP contribution in [0.3, 0.4) is 0 Å². The van der Waals surface area contributed by atoms with Crippen LogP contribution in [0, 0.1) is 0 Å². The molecule has 1 aromatic heterocycles. The lowest BCUT2D eigenvalue weighted by atomic mass is 10.5. The van der Waals surface area contributed by atoms with Crippen molar-refractivity contribution in [2.45, 2.75) is 5.75 Å². The van der Waals surface area contributed by atoms with Gasteiger partial charge in [0, 0.05) is 17.7 Å². The summed E-state index contributed by atoms with van der Waals surface area (Å²) in [5.41, 5.74) is 0. The van der Waals surface area contributed by atoms with Crippen molar-refractivity contribution in [2.24, 2.45) is 0 Å². The van der Waals surface area contributed by atoms with Crippen LogP contribution in [0.2, 0.25) is 4.34 Å². The largest absolute Gasteiger partial charge is 0.455 e. The summed E-state index contributed by atoms with van der Waals surface area (Å²) in [5.74, 6) is -0.493. The Labute approximate surface area is 135 Å². The first-order valence-electron chi connectivity index (χ1n) is 5.96. The Morgan fingerprint density at radius 2 is 2.10 bits per heavy atom. The molecule has 0 radical (unpaired) electrons. The molecule has 116 valence electrons.